The minimum absolute atomic E-state index is 0.389. The van der Waals surface area contributed by atoms with Crippen LogP contribution in [0.1, 0.15) is 17.3 Å². The molecule has 0 fully saturated rings. The Kier molecular flexibility index (Phi) is 3.09. The number of carbonyl (C=O) groups is 1. The van der Waals surface area contributed by atoms with E-state index in [1.807, 2.05) is 0 Å². The molecular formula is C10H11NO2. The number of hydrogen-bond donors (Lipinski definition) is 1. The van der Waals surface area contributed by atoms with Gasteiger partial charge < -0.3 is 10.5 Å². The van der Waals surface area contributed by atoms with Gasteiger partial charge in [-0.2, -0.15) is 0 Å². The third kappa shape index (κ3) is 2.33. The Morgan fingerprint density at radius 3 is 2.77 bits per heavy atom. The fraction of sp³-hybridized carbons (Fsp3) is 0.100. The quantitative estimate of drug-likeness (QED) is 0.427. The van der Waals surface area contributed by atoms with Crippen LogP contribution in [0.2, 0.25) is 0 Å². The second-order valence-electron chi connectivity index (χ2n) is 2.46. The van der Waals surface area contributed by atoms with Crippen molar-refractivity contribution in [2.45, 2.75) is 6.92 Å². The highest BCUT2D eigenvalue weighted by Gasteiger charge is 2.07. The number of benzene rings is 1. The van der Waals surface area contributed by atoms with Crippen molar-refractivity contribution in [1.29, 1.82) is 0 Å². The van der Waals surface area contributed by atoms with Crippen LogP contribution in [0.4, 0.5) is 5.69 Å². The van der Waals surface area contributed by atoms with E-state index in [0.717, 1.165) is 0 Å². The van der Waals surface area contributed by atoms with Crippen molar-refractivity contribution in [1.82, 2.24) is 0 Å². The predicted molar refractivity (Wildman–Crippen MR) is 51.1 cm³/mol. The van der Waals surface area contributed by atoms with E-state index in [2.05, 4.69) is 0 Å². The van der Waals surface area contributed by atoms with Crippen LogP contribution in [0.15, 0.2) is 36.6 Å². The topological polar surface area (TPSA) is 52.3 Å². The van der Waals surface area contributed by atoms with Gasteiger partial charge in [0.25, 0.3) is 0 Å². The number of nitrogens with two attached hydrogens (primary N) is 1. The highest BCUT2D eigenvalue weighted by molar-refractivity contribution is 5.95. The molecule has 0 aromatic heterocycles. The molecule has 0 heterocycles. The molecule has 0 saturated carbocycles. The molecule has 1 aromatic carbocycles. The van der Waals surface area contributed by atoms with Crippen LogP contribution in [0.3, 0.4) is 0 Å². The van der Waals surface area contributed by atoms with Gasteiger partial charge in [0.2, 0.25) is 0 Å². The lowest BCUT2D eigenvalue weighted by Gasteiger charge is -2.01. The standard InChI is InChI=1S/C10H11NO2/c1-2-7-13-10(12)8-5-3-4-6-9(8)11/h2-7H,11H2,1H3/b7-2+. The number of nitrogen functional groups attached to an aromatic ring is 1. The molecule has 13 heavy (non-hydrogen) atoms. The number of ether oxygens (including phenoxy) is 1. The Balaban J connectivity index is 2.83. The number of carbonyl (C=O) groups excluding carboxylic acids is 1. The maximum atomic E-state index is 11.3. The summed E-state index contributed by atoms with van der Waals surface area (Å²) in [5.74, 6) is -0.434. The number of hydrogen-bond acceptors (Lipinski definition) is 3. The van der Waals surface area contributed by atoms with Crippen molar-refractivity contribution in [2.24, 2.45) is 0 Å². The molecule has 3 heteroatoms. The molecule has 2 N–H and O–H groups in total. The maximum Gasteiger partial charge on any atom is 0.345 e. The molecule has 3 nitrogen and oxygen atoms in total. The van der Waals surface area contributed by atoms with Gasteiger partial charge in [0.15, 0.2) is 0 Å². The molecule has 0 amide bonds. The third-order valence-electron chi connectivity index (χ3n) is 1.49. The molecule has 0 atom stereocenters. The van der Waals surface area contributed by atoms with Gasteiger partial charge in [0.05, 0.1) is 11.8 Å². The number of para-hydroxylation sites is 1. The highest BCUT2D eigenvalue weighted by atomic mass is 16.5. The second-order valence-corrected chi connectivity index (χ2v) is 2.46. The second kappa shape index (κ2) is 4.30. The van der Waals surface area contributed by atoms with Gasteiger partial charge in [0.1, 0.15) is 0 Å². The highest BCUT2D eigenvalue weighted by Crippen LogP contribution is 2.11. The van der Waals surface area contributed by atoms with E-state index < -0.39 is 5.97 Å². The molecule has 0 spiro atoms. The van der Waals surface area contributed by atoms with E-state index >= 15 is 0 Å². The van der Waals surface area contributed by atoms with E-state index in [1.165, 1.54) is 6.26 Å². The minimum Gasteiger partial charge on any atom is -0.431 e. The summed E-state index contributed by atoms with van der Waals surface area (Å²) in [5.41, 5.74) is 6.39. The molecule has 0 bridgehead atoms. The van der Waals surface area contributed by atoms with Crippen LogP contribution in [-0.4, -0.2) is 5.97 Å². The summed E-state index contributed by atoms with van der Waals surface area (Å²) < 4.78 is 4.76. The average molecular weight is 177 g/mol. The zero-order chi connectivity index (χ0) is 9.68. The van der Waals surface area contributed by atoms with Gasteiger partial charge in [-0.1, -0.05) is 18.2 Å². The fourth-order valence-electron chi connectivity index (χ4n) is 0.876. The molecule has 0 radical (unpaired) electrons. The smallest absolute Gasteiger partial charge is 0.345 e. The molecule has 1 aromatic rings. The van der Waals surface area contributed by atoms with Crippen molar-refractivity contribution < 1.29 is 9.53 Å². The van der Waals surface area contributed by atoms with E-state index in [1.54, 1.807) is 37.3 Å². The van der Waals surface area contributed by atoms with Crippen LogP contribution in [0, 0.1) is 0 Å². The normalized spacial score (nSPS) is 10.2. The number of rotatable bonds is 2. The summed E-state index contributed by atoms with van der Waals surface area (Å²) in [7, 11) is 0. The van der Waals surface area contributed by atoms with Crippen LogP contribution >= 0.6 is 0 Å². The summed E-state index contributed by atoms with van der Waals surface area (Å²) in [5, 5.41) is 0. The molecule has 0 unspecified atom stereocenters. The van der Waals surface area contributed by atoms with Gasteiger partial charge in [-0.05, 0) is 19.1 Å². The van der Waals surface area contributed by atoms with Gasteiger partial charge in [-0.25, -0.2) is 4.79 Å². The number of anilines is 1. The van der Waals surface area contributed by atoms with Gasteiger partial charge in [0, 0.05) is 5.69 Å². The number of allylic oxidation sites excluding steroid dienone is 1. The molecule has 68 valence electrons. The van der Waals surface area contributed by atoms with Crippen molar-refractivity contribution in [2.75, 3.05) is 5.73 Å². The summed E-state index contributed by atoms with van der Waals surface area (Å²) in [6.07, 6.45) is 2.96. The Labute approximate surface area is 76.8 Å². The molecule has 1 rings (SSSR count). The number of esters is 1. The van der Waals surface area contributed by atoms with E-state index in [9.17, 15) is 4.79 Å². The Hall–Kier alpha value is -1.77. The monoisotopic (exact) mass is 177 g/mol. The van der Waals surface area contributed by atoms with Crippen LogP contribution in [0.25, 0.3) is 0 Å². The largest absolute Gasteiger partial charge is 0.431 e. The van der Waals surface area contributed by atoms with Crippen LogP contribution in [0.5, 0.6) is 0 Å². The first-order valence-electron chi connectivity index (χ1n) is 3.92. The fourth-order valence-corrected chi connectivity index (χ4v) is 0.876. The van der Waals surface area contributed by atoms with Crippen molar-refractivity contribution in [3.63, 3.8) is 0 Å². The lowest BCUT2D eigenvalue weighted by Crippen LogP contribution is -2.04. The lowest BCUT2D eigenvalue weighted by atomic mass is 10.2. The van der Waals surface area contributed by atoms with E-state index in [4.69, 9.17) is 10.5 Å². The molecule has 0 aliphatic heterocycles. The molecular weight excluding hydrogens is 166 g/mol. The lowest BCUT2D eigenvalue weighted by molar-refractivity contribution is 0.0664. The Morgan fingerprint density at radius 1 is 1.46 bits per heavy atom. The van der Waals surface area contributed by atoms with Gasteiger partial charge in [-0.15, -0.1) is 0 Å². The van der Waals surface area contributed by atoms with E-state index in [0.29, 0.717) is 11.3 Å². The SMILES string of the molecule is C/C=C/OC(=O)c1ccccc1N. The summed E-state index contributed by atoms with van der Waals surface area (Å²) in [4.78, 5) is 11.3. The van der Waals surface area contributed by atoms with Crippen LogP contribution < -0.4 is 5.73 Å². The Morgan fingerprint density at radius 2 is 2.15 bits per heavy atom. The van der Waals surface area contributed by atoms with E-state index in [-0.39, 0.29) is 0 Å². The summed E-state index contributed by atoms with van der Waals surface area (Å²) >= 11 is 0. The summed E-state index contributed by atoms with van der Waals surface area (Å²) in [6, 6.07) is 6.79. The zero-order valence-corrected chi connectivity index (χ0v) is 7.36. The predicted octanol–water partition coefficient (Wildman–Crippen LogP) is 1.96. The first-order valence-corrected chi connectivity index (χ1v) is 3.92. The maximum absolute atomic E-state index is 11.3. The average Bonchev–Trinajstić information content (AvgIpc) is 2.15. The minimum atomic E-state index is -0.434. The van der Waals surface area contributed by atoms with Gasteiger partial charge in [-0.3, -0.25) is 0 Å². The first kappa shape index (κ1) is 9.32. The van der Waals surface area contributed by atoms with Crippen molar-refractivity contribution in [3.05, 3.63) is 42.2 Å². The third-order valence-corrected chi connectivity index (χ3v) is 1.49. The van der Waals surface area contributed by atoms with Gasteiger partial charge >= 0.3 is 5.97 Å². The van der Waals surface area contributed by atoms with Crippen molar-refractivity contribution in [3.8, 4) is 0 Å². The van der Waals surface area contributed by atoms with Crippen molar-refractivity contribution >= 4 is 11.7 Å². The van der Waals surface area contributed by atoms with Crippen LogP contribution in [-0.2, 0) is 4.74 Å². The first-order chi connectivity index (χ1) is 6.25. The Bertz CT molecular complexity index is 331. The molecule has 0 saturated heterocycles. The zero-order valence-electron chi connectivity index (χ0n) is 7.36. The summed E-state index contributed by atoms with van der Waals surface area (Å²) in [6.45, 7) is 1.77. The molecule has 0 aliphatic carbocycles. The molecule has 0 aliphatic rings.